The summed E-state index contributed by atoms with van der Waals surface area (Å²) in [5.74, 6) is -0.755. The second-order valence-electron chi connectivity index (χ2n) is 5.97. The number of ether oxygens (including phenoxy) is 1. The molecule has 157 valence electrons. The molecule has 0 saturated heterocycles. The molecule has 0 bridgehead atoms. The van der Waals surface area contributed by atoms with E-state index >= 15 is 0 Å². The molecule has 0 atom stereocenters. The zero-order valence-corrected chi connectivity index (χ0v) is 16.5. The largest absolute Gasteiger partial charge is 0.465 e. The van der Waals surface area contributed by atoms with Crippen LogP contribution in [0, 0.1) is 6.07 Å². The number of hydrogen-bond acceptors (Lipinski definition) is 2. The molecule has 29 heavy (non-hydrogen) atoms. The zero-order valence-electron chi connectivity index (χ0n) is 14.9. The fraction of sp³-hybridized carbons (Fsp3) is 0.316. The van der Waals surface area contributed by atoms with Crippen LogP contribution in [0.3, 0.4) is 0 Å². The van der Waals surface area contributed by atoms with Crippen LogP contribution in [0.1, 0.15) is 28.4 Å². The van der Waals surface area contributed by atoms with Crippen molar-refractivity contribution in [2.45, 2.75) is 31.4 Å². The maximum absolute atomic E-state index is 14.9. The molecule has 0 N–H and O–H groups in total. The topological polar surface area (TPSA) is 26.3 Å². The maximum atomic E-state index is 14.9. The van der Waals surface area contributed by atoms with E-state index in [0.29, 0.717) is 6.07 Å². The Morgan fingerprint density at radius 1 is 1.03 bits per heavy atom. The first kappa shape index (κ1) is 23.2. The molecule has 0 saturated carbocycles. The first-order valence-electron chi connectivity index (χ1n) is 8.04. The first-order chi connectivity index (χ1) is 13.3. The van der Waals surface area contributed by atoms with Gasteiger partial charge in [-0.2, -0.15) is 26.3 Å². The van der Waals surface area contributed by atoms with E-state index in [9.17, 15) is 35.5 Å². The summed E-state index contributed by atoms with van der Waals surface area (Å²) < 4.78 is 99.4. The summed E-state index contributed by atoms with van der Waals surface area (Å²) in [5, 5.41) is 0. The Morgan fingerprint density at radius 3 is 1.97 bits per heavy atom. The molecular formula is C19H13BrF7O2. The molecule has 0 aromatic heterocycles. The van der Waals surface area contributed by atoms with E-state index in [-0.39, 0.29) is 27.6 Å². The van der Waals surface area contributed by atoms with Gasteiger partial charge in [-0.05, 0) is 45.6 Å². The van der Waals surface area contributed by atoms with Crippen molar-refractivity contribution in [2.24, 2.45) is 0 Å². The second-order valence-corrected chi connectivity index (χ2v) is 6.77. The summed E-state index contributed by atoms with van der Waals surface area (Å²) in [5.41, 5.74) is -8.09. The van der Waals surface area contributed by atoms with Gasteiger partial charge in [-0.25, -0.2) is 9.18 Å². The van der Waals surface area contributed by atoms with Crippen LogP contribution in [0.25, 0.3) is 11.1 Å². The van der Waals surface area contributed by atoms with Crippen molar-refractivity contribution in [3.05, 3.63) is 57.6 Å². The minimum atomic E-state index is -6.27. The van der Waals surface area contributed by atoms with Crippen LogP contribution in [0.15, 0.2) is 34.8 Å². The highest BCUT2D eigenvalue weighted by molar-refractivity contribution is 9.10. The number of halogens is 8. The summed E-state index contributed by atoms with van der Waals surface area (Å²) in [6, 6.07) is 7.61. The number of aryl methyl sites for hydroxylation is 1. The Bertz CT molecular complexity index is 888. The Hall–Kier alpha value is -2.10. The van der Waals surface area contributed by atoms with E-state index in [1.165, 1.54) is 6.92 Å². The highest BCUT2D eigenvalue weighted by atomic mass is 79.9. The van der Waals surface area contributed by atoms with Crippen molar-refractivity contribution in [1.29, 1.82) is 0 Å². The molecule has 1 radical (unpaired) electrons. The molecule has 2 nitrogen and oxygen atoms in total. The number of carbonyl (C=O) groups is 1. The minimum absolute atomic E-state index is 0.0150. The van der Waals surface area contributed by atoms with E-state index in [1.54, 1.807) is 0 Å². The van der Waals surface area contributed by atoms with Crippen molar-refractivity contribution in [1.82, 2.24) is 0 Å². The van der Waals surface area contributed by atoms with Gasteiger partial charge in [0.15, 0.2) is 0 Å². The van der Waals surface area contributed by atoms with Crippen molar-refractivity contribution < 1.29 is 40.3 Å². The molecule has 2 aromatic rings. The number of methoxy groups -OCH3 is 1. The zero-order chi connectivity index (χ0) is 22.2. The molecule has 2 aromatic carbocycles. The number of hydrogen-bond donors (Lipinski definition) is 0. The number of carbonyl (C=O) groups excluding carboxylic acids is 1. The van der Waals surface area contributed by atoms with Crippen LogP contribution in [0.5, 0.6) is 0 Å². The SMILES string of the molecule is CCc1[c]c(Br)c(-c2ccc(C(=O)OC)cc2)c(C(F)(C(F)(F)F)C(F)(F)F)c1. The van der Waals surface area contributed by atoms with Gasteiger partial charge in [-0.3, -0.25) is 0 Å². The first-order valence-corrected chi connectivity index (χ1v) is 8.83. The Balaban J connectivity index is 2.86. The van der Waals surface area contributed by atoms with Gasteiger partial charge in [0.25, 0.3) is 0 Å². The molecule has 0 heterocycles. The molecule has 0 fully saturated rings. The summed E-state index contributed by atoms with van der Waals surface area (Å²) in [6.45, 7) is 1.48. The van der Waals surface area contributed by atoms with Gasteiger partial charge in [0.1, 0.15) is 0 Å². The van der Waals surface area contributed by atoms with Gasteiger partial charge in [0, 0.05) is 21.7 Å². The Morgan fingerprint density at radius 2 is 1.55 bits per heavy atom. The van der Waals surface area contributed by atoms with Gasteiger partial charge in [0.2, 0.25) is 0 Å². The average molecular weight is 486 g/mol. The number of esters is 1. The van der Waals surface area contributed by atoms with Gasteiger partial charge < -0.3 is 4.74 Å². The molecule has 0 aliphatic heterocycles. The fourth-order valence-corrected chi connectivity index (χ4v) is 3.40. The van der Waals surface area contributed by atoms with Crippen LogP contribution < -0.4 is 0 Å². The lowest BCUT2D eigenvalue weighted by Crippen LogP contribution is -2.50. The average Bonchev–Trinajstić information content (AvgIpc) is 2.64. The molecule has 0 aliphatic carbocycles. The lowest BCUT2D eigenvalue weighted by atomic mass is 9.85. The number of alkyl halides is 7. The Kier molecular flexibility index (Phi) is 6.37. The van der Waals surface area contributed by atoms with Crippen LogP contribution in [0.2, 0.25) is 0 Å². The maximum Gasteiger partial charge on any atom is 0.435 e. The van der Waals surface area contributed by atoms with Crippen molar-refractivity contribution >= 4 is 21.9 Å². The normalized spacial score (nSPS) is 12.8. The highest BCUT2D eigenvalue weighted by Crippen LogP contribution is 2.56. The molecule has 10 heteroatoms. The van der Waals surface area contributed by atoms with E-state index in [2.05, 4.69) is 26.7 Å². The molecule has 0 spiro atoms. The highest BCUT2D eigenvalue weighted by Gasteiger charge is 2.74. The predicted octanol–water partition coefficient (Wildman–Crippen LogP) is 6.55. The molecule has 0 amide bonds. The molecule has 2 rings (SSSR count). The Labute approximate surface area is 169 Å². The van der Waals surface area contributed by atoms with Gasteiger partial charge in [0.05, 0.1) is 12.7 Å². The van der Waals surface area contributed by atoms with Crippen LogP contribution >= 0.6 is 15.9 Å². The van der Waals surface area contributed by atoms with Gasteiger partial charge >= 0.3 is 24.0 Å². The molecular weight excluding hydrogens is 473 g/mol. The van der Waals surface area contributed by atoms with Gasteiger partial charge in [-0.1, -0.05) is 25.1 Å². The van der Waals surface area contributed by atoms with Crippen LogP contribution in [-0.2, 0) is 16.8 Å². The third-order valence-corrected chi connectivity index (χ3v) is 4.80. The second kappa shape index (κ2) is 7.97. The lowest BCUT2D eigenvalue weighted by molar-refractivity contribution is -0.348. The van der Waals surface area contributed by atoms with Crippen molar-refractivity contribution in [2.75, 3.05) is 7.11 Å². The van der Waals surface area contributed by atoms with Gasteiger partial charge in [-0.15, -0.1) is 0 Å². The smallest absolute Gasteiger partial charge is 0.435 e. The van der Waals surface area contributed by atoms with Crippen molar-refractivity contribution in [3.63, 3.8) is 0 Å². The summed E-state index contributed by atoms with van der Waals surface area (Å²) in [6.07, 6.45) is -12.5. The van der Waals surface area contributed by atoms with Crippen LogP contribution in [-0.4, -0.2) is 25.4 Å². The van der Waals surface area contributed by atoms with Crippen LogP contribution in [0.4, 0.5) is 30.7 Å². The number of benzene rings is 2. The quantitative estimate of drug-likeness (QED) is 0.362. The third kappa shape index (κ3) is 4.12. The van der Waals surface area contributed by atoms with E-state index in [4.69, 9.17) is 0 Å². The fourth-order valence-electron chi connectivity index (χ4n) is 2.71. The minimum Gasteiger partial charge on any atom is -0.465 e. The molecule has 0 unspecified atom stereocenters. The summed E-state index contributed by atoms with van der Waals surface area (Å²) in [7, 11) is 1.10. The number of rotatable bonds is 4. The standard InChI is InChI=1S/C19H13BrF7O2/c1-3-10-8-13(17(21,18(22,23)24)19(25,26)27)15(14(20)9-10)11-4-6-12(7-5-11)16(28)29-2/h4-8H,3H2,1-2H3. The summed E-state index contributed by atoms with van der Waals surface area (Å²) >= 11 is 2.91. The van der Waals surface area contributed by atoms with E-state index in [1.807, 2.05) is 0 Å². The van der Waals surface area contributed by atoms with E-state index in [0.717, 1.165) is 31.4 Å². The third-order valence-electron chi connectivity index (χ3n) is 4.21. The predicted molar refractivity (Wildman–Crippen MR) is 94.0 cm³/mol. The monoisotopic (exact) mass is 485 g/mol. The summed E-state index contributed by atoms with van der Waals surface area (Å²) in [4.78, 5) is 11.5. The van der Waals surface area contributed by atoms with Crippen molar-refractivity contribution in [3.8, 4) is 11.1 Å². The van der Waals surface area contributed by atoms with E-state index < -0.39 is 35.1 Å². The lowest BCUT2D eigenvalue weighted by Gasteiger charge is -2.32. The molecule has 0 aliphatic rings.